The Balaban J connectivity index is 3.21. The van der Waals surface area contributed by atoms with E-state index in [1.165, 1.54) is 6.61 Å². The molecule has 0 unspecified atom stereocenters. The van der Waals surface area contributed by atoms with Crippen LogP contribution < -0.4 is 0 Å². The number of alkyl halides is 3. The molecule has 0 atom stereocenters. The maximum atomic E-state index is 11.4. The predicted octanol–water partition coefficient (Wildman–Crippen LogP) is 2.38. The molecular formula is C6H10F3O. The van der Waals surface area contributed by atoms with Crippen molar-refractivity contribution >= 4 is 0 Å². The van der Waals surface area contributed by atoms with Gasteiger partial charge in [-0.05, 0) is 5.92 Å². The molecule has 0 rings (SSSR count). The molecule has 0 aliphatic rings. The Hall–Kier alpha value is -0.250. The molecule has 10 heavy (non-hydrogen) atoms. The van der Waals surface area contributed by atoms with E-state index in [4.69, 9.17) is 0 Å². The second kappa shape index (κ2) is 3.81. The van der Waals surface area contributed by atoms with E-state index >= 15 is 0 Å². The van der Waals surface area contributed by atoms with E-state index < -0.39 is 12.8 Å². The van der Waals surface area contributed by atoms with Crippen LogP contribution in [0.3, 0.4) is 0 Å². The van der Waals surface area contributed by atoms with Gasteiger partial charge in [-0.3, -0.25) is 0 Å². The van der Waals surface area contributed by atoms with Gasteiger partial charge in [0, 0.05) is 0 Å². The molecule has 0 fully saturated rings. The number of ether oxygens (including phenoxy) is 1. The topological polar surface area (TPSA) is 9.23 Å². The standard InChI is InChI=1S/C6H10F3O/c1-5(2)3-10-4-6(7,8)9/h3,5H,4H2,1-2H3. The summed E-state index contributed by atoms with van der Waals surface area (Å²) in [6.45, 7) is 3.48. The van der Waals surface area contributed by atoms with Crippen molar-refractivity contribution in [3.8, 4) is 0 Å². The van der Waals surface area contributed by atoms with Gasteiger partial charge in [-0.2, -0.15) is 13.2 Å². The summed E-state index contributed by atoms with van der Waals surface area (Å²) in [4.78, 5) is 0. The maximum absolute atomic E-state index is 11.4. The lowest BCUT2D eigenvalue weighted by Crippen LogP contribution is -2.16. The molecule has 0 saturated carbocycles. The van der Waals surface area contributed by atoms with Crippen LogP contribution in [0.15, 0.2) is 0 Å². The summed E-state index contributed by atoms with van der Waals surface area (Å²) in [5.74, 6) is 0.0300. The van der Waals surface area contributed by atoms with Crippen molar-refractivity contribution < 1.29 is 17.9 Å². The summed E-state index contributed by atoms with van der Waals surface area (Å²) in [5, 5.41) is 0. The maximum Gasteiger partial charge on any atom is 0.411 e. The van der Waals surface area contributed by atoms with Gasteiger partial charge < -0.3 is 4.74 Å². The molecule has 0 aromatic heterocycles. The average Bonchev–Trinajstić information content (AvgIpc) is 1.59. The van der Waals surface area contributed by atoms with Crippen LogP contribution in [-0.2, 0) is 4.74 Å². The Kier molecular flexibility index (Phi) is 3.71. The van der Waals surface area contributed by atoms with Gasteiger partial charge in [0.1, 0.15) is 6.61 Å². The van der Waals surface area contributed by atoms with Gasteiger partial charge in [0.05, 0.1) is 6.61 Å². The largest absolute Gasteiger partial charge is 0.411 e. The summed E-state index contributed by atoms with van der Waals surface area (Å²) >= 11 is 0. The third-order valence-electron chi connectivity index (χ3n) is 0.615. The SMILES string of the molecule is CC(C)[CH]OCC(F)(F)F. The summed E-state index contributed by atoms with van der Waals surface area (Å²) in [6, 6.07) is 0. The van der Waals surface area contributed by atoms with Crippen LogP contribution in [0.5, 0.6) is 0 Å². The van der Waals surface area contributed by atoms with Crippen LogP contribution >= 0.6 is 0 Å². The van der Waals surface area contributed by atoms with E-state index in [0.29, 0.717) is 0 Å². The van der Waals surface area contributed by atoms with Crippen molar-refractivity contribution in [2.24, 2.45) is 5.92 Å². The Bertz CT molecular complexity index is 87.5. The van der Waals surface area contributed by atoms with Gasteiger partial charge in [-0.1, -0.05) is 13.8 Å². The Morgan fingerprint density at radius 2 is 1.90 bits per heavy atom. The molecule has 0 N–H and O–H groups in total. The molecule has 0 bridgehead atoms. The van der Waals surface area contributed by atoms with Crippen LogP contribution in [0, 0.1) is 12.5 Å². The first kappa shape index (κ1) is 9.75. The molecule has 0 aliphatic carbocycles. The molecule has 0 spiro atoms. The van der Waals surface area contributed by atoms with Crippen LogP contribution in [0.4, 0.5) is 13.2 Å². The quantitative estimate of drug-likeness (QED) is 0.608. The summed E-state index contributed by atoms with van der Waals surface area (Å²) < 4.78 is 38.3. The summed E-state index contributed by atoms with van der Waals surface area (Å²) in [7, 11) is 0. The van der Waals surface area contributed by atoms with Crippen LogP contribution in [0.2, 0.25) is 0 Å². The average molecular weight is 155 g/mol. The van der Waals surface area contributed by atoms with E-state index in [9.17, 15) is 13.2 Å². The van der Waals surface area contributed by atoms with Gasteiger partial charge in [-0.15, -0.1) is 0 Å². The predicted molar refractivity (Wildman–Crippen MR) is 31.1 cm³/mol. The number of hydrogen-bond acceptors (Lipinski definition) is 1. The fourth-order valence-electron chi connectivity index (χ4n) is 0.335. The minimum Gasteiger partial charge on any atom is -0.366 e. The zero-order chi connectivity index (χ0) is 8.20. The first-order valence-corrected chi connectivity index (χ1v) is 2.93. The van der Waals surface area contributed by atoms with E-state index in [1.807, 2.05) is 0 Å². The fourth-order valence-corrected chi connectivity index (χ4v) is 0.335. The Morgan fingerprint density at radius 3 is 2.20 bits per heavy atom. The Morgan fingerprint density at radius 1 is 1.40 bits per heavy atom. The fraction of sp³-hybridized carbons (Fsp3) is 0.833. The van der Waals surface area contributed by atoms with Crippen molar-refractivity contribution in [3.63, 3.8) is 0 Å². The molecule has 0 saturated heterocycles. The molecule has 0 heterocycles. The lowest BCUT2D eigenvalue weighted by Gasteiger charge is -2.07. The van der Waals surface area contributed by atoms with Crippen molar-refractivity contribution in [2.75, 3.05) is 6.61 Å². The molecule has 0 amide bonds. The molecule has 61 valence electrons. The highest BCUT2D eigenvalue weighted by molar-refractivity contribution is 4.57. The van der Waals surface area contributed by atoms with Gasteiger partial charge in [0.2, 0.25) is 0 Å². The third kappa shape index (κ3) is 7.75. The molecule has 0 aliphatic heterocycles. The zero-order valence-corrected chi connectivity index (χ0v) is 5.90. The van der Waals surface area contributed by atoms with Gasteiger partial charge in [0.25, 0.3) is 0 Å². The normalized spacial score (nSPS) is 12.6. The number of halogens is 3. The Labute approximate surface area is 58.2 Å². The number of rotatable bonds is 3. The van der Waals surface area contributed by atoms with Crippen LogP contribution in [0.1, 0.15) is 13.8 Å². The van der Waals surface area contributed by atoms with Gasteiger partial charge >= 0.3 is 6.18 Å². The lowest BCUT2D eigenvalue weighted by molar-refractivity contribution is -0.167. The first-order chi connectivity index (χ1) is 4.42. The van der Waals surface area contributed by atoms with Crippen molar-refractivity contribution in [1.82, 2.24) is 0 Å². The van der Waals surface area contributed by atoms with Gasteiger partial charge in [-0.25, -0.2) is 0 Å². The highest BCUT2D eigenvalue weighted by Crippen LogP contribution is 2.15. The van der Waals surface area contributed by atoms with Crippen molar-refractivity contribution in [2.45, 2.75) is 20.0 Å². The van der Waals surface area contributed by atoms with E-state index in [0.717, 1.165) is 0 Å². The number of hydrogen-bond donors (Lipinski definition) is 0. The van der Waals surface area contributed by atoms with E-state index in [2.05, 4.69) is 4.74 Å². The minimum atomic E-state index is -4.22. The second-order valence-corrected chi connectivity index (χ2v) is 2.31. The van der Waals surface area contributed by atoms with Crippen LogP contribution in [-0.4, -0.2) is 12.8 Å². The highest BCUT2D eigenvalue weighted by atomic mass is 19.4. The minimum absolute atomic E-state index is 0.0300. The highest BCUT2D eigenvalue weighted by Gasteiger charge is 2.27. The second-order valence-electron chi connectivity index (χ2n) is 2.31. The first-order valence-electron chi connectivity index (χ1n) is 2.93. The third-order valence-corrected chi connectivity index (χ3v) is 0.615. The summed E-state index contributed by atoms with van der Waals surface area (Å²) in [5.41, 5.74) is 0. The summed E-state index contributed by atoms with van der Waals surface area (Å²) in [6.07, 6.45) is -4.22. The molecule has 1 nitrogen and oxygen atoms in total. The monoisotopic (exact) mass is 155 g/mol. The van der Waals surface area contributed by atoms with Crippen molar-refractivity contribution in [1.29, 1.82) is 0 Å². The van der Waals surface area contributed by atoms with E-state index in [-0.39, 0.29) is 5.92 Å². The molecule has 4 heteroatoms. The lowest BCUT2D eigenvalue weighted by atomic mass is 10.2. The molecule has 1 radical (unpaired) electrons. The van der Waals surface area contributed by atoms with Crippen LogP contribution in [0.25, 0.3) is 0 Å². The van der Waals surface area contributed by atoms with Crippen molar-refractivity contribution in [3.05, 3.63) is 6.61 Å². The molecular weight excluding hydrogens is 145 g/mol. The molecule has 0 aromatic rings. The molecule has 0 aromatic carbocycles. The van der Waals surface area contributed by atoms with Gasteiger partial charge in [0.15, 0.2) is 0 Å². The van der Waals surface area contributed by atoms with E-state index in [1.54, 1.807) is 13.8 Å². The smallest absolute Gasteiger partial charge is 0.366 e. The zero-order valence-electron chi connectivity index (χ0n) is 5.90.